The van der Waals surface area contributed by atoms with E-state index in [0.29, 0.717) is 0 Å². The predicted molar refractivity (Wildman–Crippen MR) is 32.2 cm³/mol. The predicted octanol–water partition coefficient (Wildman–Crippen LogP) is 3.57. The Morgan fingerprint density at radius 2 is 1.25 bits per heavy atom. The number of methoxy groups -OCH3 is 1. The van der Waals surface area contributed by atoms with Crippen molar-refractivity contribution in [2.75, 3.05) is 7.11 Å². The van der Waals surface area contributed by atoms with Gasteiger partial charge < -0.3 is 4.74 Å². The fraction of sp³-hybridized carbons (Fsp3) is 0.667. The van der Waals surface area contributed by atoms with Crippen molar-refractivity contribution in [3.05, 3.63) is 11.6 Å². The van der Waals surface area contributed by atoms with Gasteiger partial charge in [-0.25, -0.2) is 4.39 Å². The molecule has 0 atom stereocenters. The minimum atomic E-state index is -6.48. The summed E-state index contributed by atoms with van der Waals surface area (Å²) in [4.78, 5) is 0. The van der Waals surface area contributed by atoms with Crippen LogP contribution in [0.1, 0.15) is 0 Å². The third-order valence-electron chi connectivity index (χ3n) is 1.29. The van der Waals surface area contributed by atoms with Crippen molar-refractivity contribution in [1.82, 2.24) is 0 Å². The van der Waals surface area contributed by atoms with E-state index in [1.807, 2.05) is 0 Å². The van der Waals surface area contributed by atoms with Crippen LogP contribution in [0, 0.1) is 0 Å². The van der Waals surface area contributed by atoms with E-state index in [9.17, 15) is 39.5 Å². The lowest BCUT2D eigenvalue weighted by Crippen LogP contribution is -2.39. The Morgan fingerprint density at radius 1 is 0.875 bits per heavy atom. The van der Waals surface area contributed by atoms with Crippen molar-refractivity contribution < 1.29 is 44.3 Å². The highest BCUT2D eigenvalue weighted by atomic mass is 19.4. The van der Waals surface area contributed by atoms with Gasteiger partial charge in [-0.15, -0.1) is 0 Å². The smallest absolute Gasteiger partial charge is 0.460 e. The van der Waals surface area contributed by atoms with Crippen molar-refractivity contribution in [1.29, 1.82) is 0 Å². The Kier molecular flexibility index (Phi) is 3.78. The first kappa shape index (κ1) is 14.9. The summed E-state index contributed by atoms with van der Waals surface area (Å²) in [5.41, 5.74) is 0. The maximum absolute atomic E-state index is 12.4. The van der Waals surface area contributed by atoms with E-state index in [4.69, 9.17) is 0 Å². The second-order valence-corrected chi connectivity index (χ2v) is 2.42. The summed E-state index contributed by atoms with van der Waals surface area (Å²) in [7, 11) is 0.120. The van der Waals surface area contributed by atoms with E-state index in [1.165, 1.54) is 0 Å². The van der Waals surface area contributed by atoms with Crippen molar-refractivity contribution in [3.63, 3.8) is 0 Å². The third kappa shape index (κ3) is 2.73. The minimum Gasteiger partial charge on any atom is -0.490 e. The van der Waals surface area contributed by atoms with Crippen LogP contribution >= 0.6 is 0 Å². The zero-order chi connectivity index (χ0) is 13.4. The van der Waals surface area contributed by atoms with Crippen LogP contribution < -0.4 is 0 Å². The lowest BCUT2D eigenvalue weighted by atomic mass is 10.2. The molecule has 0 N–H and O–H groups in total. The van der Waals surface area contributed by atoms with Crippen molar-refractivity contribution in [2.45, 2.75) is 18.3 Å². The number of ether oxygens (including phenoxy) is 1. The van der Waals surface area contributed by atoms with Crippen LogP contribution in [0.5, 0.6) is 0 Å². The molecular weight excluding hydrogens is 259 g/mol. The second kappa shape index (κ2) is 4.06. The first-order valence-electron chi connectivity index (χ1n) is 3.31. The molecule has 16 heavy (non-hydrogen) atoms. The molecule has 0 aromatic heterocycles. The molecule has 10 heteroatoms. The number of rotatable bonds is 2. The van der Waals surface area contributed by atoms with Crippen LogP contribution in [0.4, 0.5) is 39.5 Å². The van der Waals surface area contributed by atoms with E-state index in [2.05, 4.69) is 4.74 Å². The normalized spacial score (nSPS) is 15.9. The van der Waals surface area contributed by atoms with Gasteiger partial charge in [0.05, 0.1) is 7.11 Å². The van der Waals surface area contributed by atoms with E-state index >= 15 is 0 Å². The summed E-state index contributed by atoms with van der Waals surface area (Å²) in [5.74, 6) is -13.0. The van der Waals surface area contributed by atoms with Gasteiger partial charge in [0, 0.05) is 0 Å². The highest BCUT2D eigenvalue weighted by Crippen LogP contribution is 2.45. The van der Waals surface area contributed by atoms with Gasteiger partial charge in [0.1, 0.15) is 0 Å². The van der Waals surface area contributed by atoms with Gasteiger partial charge in [-0.1, -0.05) is 0 Å². The molecule has 0 aliphatic rings. The van der Waals surface area contributed by atoms with Gasteiger partial charge in [0.2, 0.25) is 11.6 Å². The third-order valence-corrected chi connectivity index (χ3v) is 1.29. The molecule has 0 spiro atoms. The zero-order valence-corrected chi connectivity index (χ0v) is 7.31. The molecule has 0 heterocycles. The molecule has 0 fully saturated rings. The maximum atomic E-state index is 12.4. The first-order valence-corrected chi connectivity index (χ1v) is 3.31. The molecule has 0 saturated carbocycles. The van der Waals surface area contributed by atoms with Gasteiger partial charge in [-0.2, -0.15) is 35.1 Å². The molecule has 0 aromatic carbocycles. The van der Waals surface area contributed by atoms with Crippen molar-refractivity contribution in [3.8, 4) is 0 Å². The van der Waals surface area contributed by atoms with Gasteiger partial charge in [0.15, 0.2) is 0 Å². The Hall–Kier alpha value is -1.09. The largest absolute Gasteiger partial charge is 0.490 e. The van der Waals surface area contributed by atoms with Crippen LogP contribution in [0.3, 0.4) is 0 Å². The fourth-order valence-electron chi connectivity index (χ4n) is 0.597. The number of halogens is 9. The summed E-state index contributed by atoms with van der Waals surface area (Å²) < 4.78 is 110. The highest BCUT2D eigenvalue weighted by Gasteiger charge is 2.64. The Balaban J connectivity index is 5.62. The molecule has 0 aliphatic heterocycles. The van der Waals surface area contributed by atoms with E-state index < -0.39 is 29.9 Å². The molecule has 0 bridgehead atoms. The Labute approximate surface area is 82.5 Å². The Morgan fingerprint density at radius 3 is 1.44 bits per heavy atom. The second-order valence-electron chi connectivity index (χ2n) is 2.42. The molecule has 0 aromatic rings. The lowest BCUT2D eigenvalue weighted by molar-refractivity contribution is -0.273. The fourth-order valence-corrected chi connectivity index (χ4v) is 0.597. The number of hydrogen-bond donors (Lipinski definition) is 0. The van der Waals surface area contributed by atoms with E-state index in [0.717, 1.165) is 0 Å². The summed E-state index contributed by atoms with van der Waals surface area (Å²) in [6.07, 6.45) is -12.3. The zero-order valence-electron chi connectivity index (χ0n) is 7.31. The summed E-state index contributed by atoms with van der Waals surface area (Å²) in [6.45, 7) is 0. The molecule has 0 radical (unpaired) electrons. The maximum Gasteiger partial charge on any atom is 0.460 e. The van der Waals surface area contributed by atoms with Gasteiger partial charge in [-0.3, -0.25) is 0 Å². The average Bonchev–Trinajstić information content (AvgIpc) is 2.00. The van der Waals surface area contributed by atoms with Crippen LogP contribution in [-0.4, -0.2) is 25.4 Å². The quantitative estimate of drug-likeness (QED) is 0.546. The van der Waals surface area contributed by atoms with Crippen molar-refractivity contribution >= 4 is 0 Å². The van der Waals surface area contributed by atoms with Crippen LogP contribution in [-0.2, 0) is 4.74 Å². The number of hydrogen-bond acceptors (Lipinski definition) is 1. The molecule has 0 amide bonds. The van der Waals surface area contributed by atoms with Crippen molar-refractivity contribution in [2.24, 2.45) is 0 Å². The Bertz CT molecular complexity index is 283. The summed E-state index contributed by atoms with van der Waals surface area (Å²) in [6, 6.07) is 0. The van der Waals surface area contributed by atoms with Crippen LogP contribution in [0.2, 0.25) is 0 Å². The molecule has 0 unspecified atom stereocenters. The topological polar surface area (TPSA) is 9.23 Å². The molecule has 96 valence electrons. The minimum absolute atomic E-state index is 0.120. The van der Waals surface area contributed by atoms with E-state index in [1.54, 1.807) is 0 Å². The first-order chi connectivity index (χ1) is 6.85. The monoisotopic (exact) mass is 262 g/mol. The van der Waals surface area contributed by atoms with Gasteiger partial charge in [0.25, 0.3) is 0 Å². The number of alkyl halides is 8. The number of allylic oxidation sites excluding steroid dienone is 2. The SMILES string of the molecule is CO/C(=C(\F)C(F)(F)C(F)(F)F)C(F)(F)F. The van der Waals surface area contributed by atoms with Crippen LogP contribution in [0.25, 0.3) is 0 Å². The summed E-state index contributed by atoms with van der Waals surface area (Å²) >= 11 is 0. The molecule has 0 aliphatic carbocycles. The highest BCUT2D eigenvalue weighted by molar-refractivity contribution is 5.16. The van der Waals surface area contributed by atoms with E-state index in [-0.39, 0.29) is 7.11 Å². The molecule has 0 saturated heterocycles. The lowest BCUT2D eigenvalue weighted by Gasteiger charge is -2.20. The van der Waals surface area contributed by atoms with Crippen LogP contribution in [0.15, 0.2) is 11.6 Å². The average molecular weight is 262 g/mol. The van der Waals surface area contributed by atoms with Gasteiger partial charge in [-0.05, 0) is 0 Å². The molecule has 1 nitrogen and oxygen atoms in total. The molecule has 0 rings (SSSR count). The van der Waals surface area contributed by atoms with Gasteiger partial charge >= 0.3 is 18.3 Å². The molecular formula is C6H3F9O. The summed E-state index contributed by atoms with van der Waals surface area (Å²) in [5, 5.41) is 0. The standard InChI is InChI=1S/C6H3F9O/c1-16-3(5(10,11)12)2(7)4(8,9)6(13,14)15/h1H3/b3-2-.